The Morgan fingerprint density at radius 2 is 1.92 bits per heavy atom. The van der Waals surface area contributed by atoms with E-state index in [2.05, 4.69) is 26.1 Å². The Morgan fingerprint density at radius 1 is 1.04 bits per heavy atom. The summed E-state index contributed by atoms with van der Waals surface area (Å²) in [5.41, 5.74) is 7.27. The minimum atomic E-state index is 0.389. The van der Waals surface area contributed by atoms with Crippen molar-refractivity contribution in [2.45, 2.75) is 25.7 Å². The summed E-state index contributed by atoms with van der Waals surface area (Å²) in [4.78, 5) is 10.6. The van der Waals surface area contributed by atoms with Gasteiger partial charge in [0.05, 0.1) is 22.1 Å². The van der Waals surface area contributed by atoms with Gasteiger partial charge < -0.3 is 15.0 Å². The first kappa shape index (κ1) is 14.2. The van der Waals surface area contributed by atoms with Crippen LogP contribution in [0.3, 0.4) is 0 Å². The third kappa shape index (κ3) is 1.87. The predicted molar refractivity (Wildman–Crippen MR) is 102 cm³/mol. The molecule has 0 aliphatic carbocycles. The standard InChI is InChI=1S/C20H19N5O/c26-19-13-4-2-6-25-5-1-3-11(18(13)25)7-14(19)20-22-16-8-12-10-21-24-15(12)9-17(16)23-20/h7-10,26H,1-6H2,(H,21,24)(H,22,23). The Hall–Kier alpha value is -3.02. The number of hydrogen-bond donors (Lipinski definition) is 3. The number of hydrogen-bond acceptors (Lipinski definition) is 4. The van der Waals surface area contributed by atoms with E-state index in [1.54, 1.807) is 0 Å². The van der Waals surface area contributed by atoms with Gasteiger partial charge in [0.25, 0.3) is 0 Å². The normalized spacial score (nSPS) is 16.4. The Bertz CT molecular complexity index is 1120. The van der Waals surface area contributed by atoms with Gasteiger partial charge in [0.1, 0.15) is 11.6 Å². The lowest BCUT2D eigenvalue weighted by atomic mass is 9.89. The van der Waals surface area contributed by atoms with Gasteiger partial charge in [0.2, 0.25) is 0 Å². The van der Waals surface area contributed by atoms with Crippen molar-refractivity contribution in [2.75, 3.05) is 18.0 Å². The quantitative estimate of drug-likeness (QED) is 0.493. The second kappa shape index (κ2) is 5.00. The molecule has 130 valence electrons. The molecule has 2 aromatic heterocycles. The zero-order chi connectivity index (χ0) is 17.3. The molecule has 6 nitrogen and oxygen atoms in total. The van der Waals surface area contributed by atoms with Crippen LogP contribution in [0.25, 0.3) is 33.3 Å². The van der Waals surface area contributed by atoms with Crippen molar-refractivity contribution in [3.8, 4) is 17.1 Å². The highest BCUT2D eigenvalue weighted by molar-refractivity contribution is 5.94. The summed E-state index contributed by atoms with van der Waals surface area (Å²) in [6.07, 6.45) is 6.15. The van der Waals surface area contributed by atoms with Crippen LogP contribution in [-0.4, -0.2) is 38.4 Å². The number of nitrogens with zero attached hydrogens (tertiary/aromatic N) is 3. The largest absolute Gasteiger partial charge is 0.507 e. The summed E-state index contributed by atoms with van der Waals surface area (Å²) < 4.78 is 0. The number of imidazole rings is 1. The van der Waals surface area contributed by atoms with Gasteiger partial charge >= 0.3 is 0 Å². The predicted octanol–water partition coefficient (Wildman–Crippen LogP) is 3.51. The van der Waals surface area contributed by atoms with E-state index in [1.165, 1.54) is 17.7 Å². The number of aryl methyl sites for hydroxylation is 1. The first-order chi connectivity index (χ1) is 12.8. The first-order valence-electron chi connectivity index (χ1n) is 9.24. The van der Waals surface area contributed by atoms with E-state index < -0.39 is 0 Å². The zero-order valence-corrected chi connectivity index (χ0v) is 14.3. The lowest BCUT2D eigenvalue weighted by molar-refractivity contribution is 0.464. The summed E-state index contributed by atoms with van der Waals surface area (Å²) in [5.74, 6) is 1.12. The number of phenols is 1. The van der Waals surface area contributed by atoms with Gasteiger partial charge in [0, 0.05) is 35.9 Å². The average molecular weight is 345 g/mol. The van der Waals surface area contributed by atoms with E-state index in [9.17, 15) is 5.11 Å². The molecule has 2 aromatic carbocycles. The van der Waals surface area contributed by atoms with Crippen LogP contribution >= 0.6 is 0 Å². The van der Waals surface area contributed by atoms with Gasteiger partial charge in [-0.1, -0.05) is 0 Å². The highest BCUT2D eigenvalue weighted by atomic mass is 16.3. The third-order valence-corrected chi connectivity index (χ3v) is 5.79. The summed E-state index contributed by atoms with van der Waals surface area (Å²) in [5, 5.41) is 19.2. The molecule has 0 atom stereocenters. The molecule has 0 saturated heterocycles. The smallest absolute Gasteiger partial charge is 0.142 e. The monoisotopic (exact) mass is 345 g/mol. The van der Waals surface area contributed by atoms with Crippen molar-refractivity contribution in [1.82, 2.24) is 20.2 Å². The van der Waals surface area contributed by atoms with Crippen LogP contribution in [0.4, 0.5) is 5.69 Å². The molecular weight excluding hydrogens is 326 g/mol. The number of anilines is 1. The van der Waals surface area contributed by atoms with Crippen LogP contribution in [0, 0.1) is 0 Å². The van der Waals surface area contributed by atoms with E-state index in [4.69, 9.17) is 4.98 Å². The number of aromatic amines is 2. The van der Waals surface area contributed by atoms with Gasteiger partial charge in [-0.3, -0.25) is 5.10 Å². The van der Waals surface area contributed by atoms with Crippen molar-refractivity contribution in [1.29, 1.82) is 0 Å². The van der Waals surface area contributed by atoms with Crippen molar-refractivity contribution >= 4 is 27.6 Å². The molecule has 0 radical (unpaired) electrons. The second-order valence-corrected chi connectivity index (χ2v) is 7.35. The van der Waals surface area contributed by atoms with Crippen molar-refractivity contribution in [2.24, 2.45) is 0 Å². The van der Waals surface area contributed by atoms with Gasteiger partial charge in [0.15, 0.2) is 0 Å². The fourth-order valence-electron chi connectivity index (χ4n) is 4.60. The molecule has 6 heteroatoms. The number of fused-ring (bicyclic) bond motifs is 2. The maximum atomic E-state index is 11.0. The molecule has 0 amide bonds. The topological polar surface area (TPSA) is 80.8 Å². The highest BCUT2D eigenvalue weighted by Crippen LogP contribution is 2.44. The number of rotatable bonds is 1. The molecule has 0 bridgehead atoms. The van der Waals surface area contributed by atoms with Gasteiger partial charge in [-0.25, -0.2) is 4.98 Å². The summed E-state index contributed by atoms with van der Waals surface area (Å²) >= 11 is 0. The maximum absolute atomic E-state index is 11.0. The average Bonchev–Trinajstić information content (AvgIpc) is 3.28. The fourth-order valence-corrected chi connectivity index (χ4v) is 4.60. The van der Waals surface area contributed by atoms with E-state index in [0.717, 1.165) is 71.2 Å². The van der Waals surface area contributed by atoms with Gasteiger partial charge in [-0.2, -0.15) is 5.10 Å². The molecule has 0 fully saturated rings. The molecule has 0 spiro atoms. The molecular formula is C20H19N5O. The van der Waals surface area contributed by atoms with Gasteiger partial charge in [-0.15, -0.1) is 0 Å². The minimum Gasteiger partial charge on any atom is -0.507 e. The molecule has 3 N–H and O–H groups in total. The number of aromatic hydroxyl groups is 1. The summed E-state index contributed by atoms with van der Waals surface area (Å²) in [6.45, 7) is 2.20. The summed E-state index contributed by atoms with van der Waals surface area (Å²) in [7, 11) is 0. The lowest BCUT2D eigenvalue weighted by Crippen LogP contribution is -2.34. The third-order valence-electron chi connectivity index (χ3n) is 5.79. The van der Waals surface area contributed by atoms with E-state index in [-0.39, 0.29) is 0 Å². The molecule has 0 saturated carbocycles. The highest BCUT2D eigenvalue weighted by Gasteiger charge is 2.28. The Morgan fingerprint density at radius 3 is 2.85 bits per heavy atom. The lowest BCUT2D eigenvalue weighted by Gasteiger charge is -2.37. The van der Waals surface area contributed by atoms with Crippen LogP contribution in [-0.2, 0) is 12.8 Å². The molecule has 2 aliphatic rings. The molecule has 4 heterocycles. The second-order valence-electron chi connectivity index (χ2n) is 7.35. The van der Waals surface area contributed by atoms with Crippen molar-refractivity contribution < 1.29 is 5.11 Å². The van der Waals surface area contributed by atoms with Crippen molar-refractivity contribution in [3.05, 3.63) is 35.5 Å². The SMILES string of the molecule is Oc1c(-c2nc3cc4c[nH]nc4cc3[nH]2)cc2c3c1CCCN3CCC2. The fraction of sp³-hybridized carbons (Fsp3) is 0.300. The first-order valence-corrected chi connectivity index (χ1v) is 9.24. The number of nitrogens with one attached hydrogen (secondary N) is 2. The van der Waals surface area contributed by atoms with Crippen molar-refractivity contribution in [3.63, 3.8) is 0 Å². The number of benzene rings is 2. The Labute approximate surface area is 149 Å². The van der Waals surface area contributed by atoms with Crippen LogP contribution in [0.15, 0.2) is 24.4 Å². The van der Waals surface area contributed by atoms with E-state index in [0.29, 0.717) is 5.75 Å². The van der Waals surface area contributed by atoms with Crippen LogP contribution in [0.2, 0.25) is 0 Å². The van der Waals surface area contributed by atoms with Crippen LogP contribution < -0.4 is 4.90 Å². The van der Waals surface area contributed by atoms with Crippen LogP contribution in [0.1, 0.15) is 24.0 Å². The summed E-state index contributed by atoms with van der Waals surface area (Å²) in [6, 6.07) is 6.16. The zero-order valence-electron chi connectivity index (χ0n) is 14.3. The number of phenolic OH excluding ortho intramolecular Hbond substituents is 1. The molecule has 2 aliphatic heterocycles. The Kier molecular flexibility index (Phi) is 2.73. The van der Waals surface area contributed by atoms with E-state index >= 15 is 0 Å². The Balaban J connectivity index is 1.58. The van der Waals surface area contributed by atoms with Gasteiger partial charge in [-0.05, 0) is 49.4 Å². The number of aromatic nitrogens is 4. The minimum absolute atomic E-state index is 0.389. The number of H-pyrrole nitrogens is 2. The van der Waals surface area contributed by atoms with Crippen LogP contribution in [0.5, 0.6) is 5.75 Å². The van der Waals surface area contributed by atoms with E-state index in [1.807, 2.05) is 18.3 Å². The molecule has 26 heavy (non-hydrogen) atoms. The molecule has 0 unspecified atom stereocenters. The maximum Gasteiger partial charge on any atom is 0.142 e. The molecule has 4 aromatic rings. The molecule has 6 rings (SSSR count).